The van der Waals surface area contributed by atoms with Gasteiger partial charge >= 0.3 is 0 Å². The fourth-order valence-corrected chi connectivity index (χ4v) is 3.66. The Morgan fingerprint density at radius 3 is 2.54 bits per heavy atom. The van der Waals surface area contributed by atoms with Crippen molar-refractivity contribution in [2.75, 3.05) is 13.1 Å². The highest BCUT2D eigenvalue weighted by Gasteiger charge is 2.52. The number of hydrogen-bond acceptors (Lipinski definition) is 2. The molecule has 132 valence electrons. The second-order valence-electron chi connectivity index (χ2n) is 8.08. The molecule has 0 radical (unpaired) electrons. The highest BCUT2D eigenvalue weighted by molar-refractivity contribution is 5.78. The average molecular weight is 329 g/mol. The summed E-state index contributed by atoms with van der Waals surface area (Å²) >= 11 is 0. The fraction of sp³-hybridized carbons (Fsp3) is 0.650. The smallest absolute Gasteiger partial charge is 0.189 e. The summed E-state index contributed by atoms with van der Waals surface area (Å²) in [6, 6.07) is 11.6. The summed E-state index contributed by atoms with van der Waals surface area (Å²) in [7, 11) is 0. The van der Waals surface area contributed by atoms with Gasteiger partial charge in [-0.05, 0) is 36.2 Å². The van der Waals surface area contributed by atoms with Gasteiger partial charge in [-0.2, -0.15) is 0 Å². The van der Waals surface area contributed by atoms with Crippen molar-refractivity contribution >= 4 is 5.96 Å². The highest BCUT2D eigenvalue weighted by atomic mass is 15.2. The number of benzene rings is 1. The van der Waals surface area contributed by atoms with Crippen LogP contribution in [0.1, 0.15) is 45.6 Å². The van der Waals surface area contributed by atoms with Gasteiger partial charge in [0.1, 0.15) is 0 Å². The summed E-state index contributed by atoms with van der Waals surface area (Å²) in [6.07, 6.45) is 3.44. The summed E-state index contributed by atoms with van der Waals surface area (Å²) < 4.78 is 0. The van der Waals surface area contributed by atoms with Gasteiger partial charge < -0.3 is 11.1 Å². The van der Waals surface area contributed by atoms with Crippen molar-refractivity contribution in [3.8, 4) is 0 Å². The predicted octanol–water partition coefficient (Wildman–Crippen LogP) is 2.99. The Morgan fingerprint density at radius 1 is 1.29 bits per heavy atom. The van der Waals surface area contributed by atoms with E-state index in [0.717, 1.165) is 32.5 Å². The number of aliphatic imine (C=N–C) groups is 1. The summed E-state index contributed by atoms with van der Waals surface area (Å²) in [6.45, 7) is 10.2. The van der Waals surface area contributed by atoms with E-state index in [1.165, 1.54) is 12.0 Å². The van der Waals surface area contributed by atoms with Gasteiger partial charge in [0.15, 0.2) is 5.96 Å². The lowest BCUT2D eigenvalue weighted by atomic mass is 9.94. The Morgan fingerprint density at radius 2 is 1.96 bits per heavy atom. The van der Waals surface area contributed by atoms with E-state index < -0.39 is 0 Å². The van der Waals surface area contributed by atoms with Gasteiger partial charge in [0, 0.05) is 25.7 Å². The monoisotopic (exact) mass is 328 g/mol. The van der Waals surface area contributed by atoms with Crippen molar-refractivity contribution in [3.05, 3.63) is 35.9 Å². The molecule has 2 atom stereocenters. The fourth-order valence-electron chi connectivity index (χ4n) is 3.66. The molecule has 1 aromatic carbocycles. The van der Waals surface area contributed by atoms with Crippen LogP contribution in [0.5, 0.6) is 0 Å². The lowest BCUT2D eigenvalue weighted by Gasteiger charge is -2.32. The molecule has 4 heteroatoms. The maximum absolute atomic E-state index is 6.15. The van der Waals surface area contributed by atoms with Gasteiger partial charge in [-0.15, -0.1) is 0 Å². The van der Waals surface area contributed by atoms with Gasteiger partial charge in [-0.1, -0.05) is 51.1 Å². The van der Waals surface area contributed by atoms with Crippen LogP contribution < -0.4 is 11.1 Å². The minimum Gasteiger partial charge on any atom is -0.370 e. The highest BCUT2D eigenvalue weighted by Crippen LogP contribution is 2.53. The van der Waals surface area contributed by atoms with Crippen molar-refractivity contribution in [1.29, 1.82) is 0 Å². The molecule has 3 rings (SSSR count). The molecule has 1 aliphatic heterocycles. The number of rotatable bonds is 5. The standard InChI is InChI=1S/C20H32N4/c1-15(2)20(3)13-18(20)23-19(21)22-17-9-11-24(12-10-17)14-16-7-5-4-6-8-16/h4-8,15,17-18H,9-14H2,1-3H3,(H3,21,22,23). The molecule has 3 N–H and O–H groups in total. The van der Waals surface area contributed by atoms with Crippen molar-refractivity contribution in [1.82, 2.24) is 10.2 Å². The Kier molecular flexibility index (Phi) is 5.14. The maximum atomic E-state index is 6.15. The normalized spacial score (nSPS) is 29.0. The lowest BCUT2D eigenvalue weighted by molar-refractivity contribution is 0.198. The van der Waals surface area contributed by atoms with Crippen LogP contribution in [0.4, 0.5) is 0 Å². The third-order valence-electron chi connectivity index (χ3n) is 6.04. The molecular formula is C20H32N4. The van der Waals surface area contributed by atoms with E-state index >= 15 is 0 Å². The minimum atomic E-state index is 0.353. The Hall–Kier alpha value is -1.55. The van der Waals surface area contributed by atoms with Crippen LogP contribution in [0.25, 0.3) is 0 Å². The average Bonchev–Trinajstić information content (AvgIpc) is 3.21. The van der Waals surface area contributed by atoms with Crippen LogP contribution in [-0.2, 0) is 6.54 Å². The van der Waals surface area contributed by atoms with Crippen LogP contribution in [0.2, 0.25) is 0 Å². The molecule has 0 aromatic heterocycles. The van der Waals surface area contributed by atoms with E-state index in [1.54, 1.807) is 0 Å². The van der Waals surface area contributed by atoms with Crippen LogP contribution in [0, 0.1) is 11.3 Å². The van der Waals surface area contributed by atoms with E-state index in [2.05, 4.69) is 61.3 Å². The van der Waals surface area contributed by atoms with Crippen molar-refractivity contribution in [2.45, 2.75) is 58.7 Å². The molecule has 1 heterocycles. The maximum Gasteiger partial charge on any atom is 0.189 e. The number of nitrogens with zero attached hydrogens (tertiary/aromatic N) is 2. The van der Waals surface area contributed by atoms with Gasteiger partial charge in [-0.25, -0.2) is 4.99 Å². The molecule has 1 aliphatic carbocycles. The first-order chi connectivity index (χ1) is 11.5. The summed E-state index contributed by atoms with van der Waals surface area (Å²) in [5.41, 5.74) is 7.90. The number of nitrogens with one attached hydrogen (secondary N) is 1. The molecule has 0 bridgehead atoms. The van der Waals surface area contributed by atoms with Gasteiger partial charge in [0.2, 0.25) is 0 Å². The van der Waals surface area contributed by atoms with Crippen molar-refractivity contribution in [3.63, 3.8) is 0 Å². The Labute approximate surface area is 146 Å². The van der Waals surface area contributed by atoms with Crippen LogP contribution in [0.15, 0.2) is 35.3 Å². The zero-order valence-electron chi connectivity index (χ0n) is 15.3. The summed E-state index contributed by atoms with van der Waals surface area (Å²) in [4.78, 5) is 7.24. The first-order valence-corrected chi connectivity index (χ1v) is 9.33. The first kappa shape index (κ1) is 17.3. The third kappa shape index (κ3) is 4.10. The first-order valence-electron chi connectivity index (χ1n) is 9.33. The quantitative estimate of drug-likeness (QED) is 0.645. The second kappa shape index (κ2) is 7.14. The number of guanidine groups is 1. The van der Waals surface area contributed by atoms with Gasteiger partial charge in [0.25, 0.3) is 0 Å². The van der Waals surface area contributed by atoms with E-state index in [4.69, 9.17) is 10.7 Å². The molecule has 2 aliphatic rings. The Bertz CT molecular complexity index is 560. The molecule has 1 saturated carbocycles. The number of hydrogen-bond donors (Lipinski definition) is 2. The number of piperidine rings is 1. The van der Waals surface area contributed by atoms with Crippen molar-refractivity contribution in [2.24, 2.45) is 22.1 Å². The number of nitrogens with two attached hydrogens (primary N) is 1. The van der Waals surface area contributed by atoms with E-state index in [1.807, 2.05) is 0 Å². The van der Waals surface area contributed by atoms with Gasteiger partial charge in [-0.3, -0.25) is 4.90 Å². The topological polar surface area (TPSA) is 53.6 Å². The molecule has 1 aromatic rings. The summed E-state index contributed by atoms with van der Waals surface area (Å²) in [5.74, 6) is 1.31. The van der Waals surface area contributed by atoms with Gasteiger partial charge in [0.05, 0.1) is 6.04 Å². The molecule has 2 unspecified atom stereocenters. The Balaban J connectivity index is 1.42. The lowest BCUT2D eigenvalue weighted by Crippen LogP contribution is -2.47. The SMILES string of the molecule is CC(C)C1(C)CC1N=C(N)NC1CCN(Cc2ccccc2)CC1. The van der Waals surface area contributed by atoms with E-state index in [9.17, 15) is 0 Å². The zero-order valence-corrected chi connectivity index (χ0v) is 15.3. The largest absolute Gasteiger partial charge is 0.370 e. The van der Waals surface area contributed by atoms with Crippen LogP contribution in [0.3, 0.4) is 0 Å². The predicted molar refractivity (Wildman–Crippen MR) is 101 cm³/mol. The molecule has 0 amide bonds. The minimum absolute atomic E-state index is 0.353. The molecule has 1 saturated heterocycles. The summed E-state index contributed by atoms with van der Waals surface area (Å²) in [5, 5.41) is 3.45. The van der Waals surface area contributed by atoms with E-state index in [0.29, 0.717) is 29.4 Å². The molecule has 24 heavy (non-hydrogen) atoms. The molecule has 2 fully saturated rings. The molecule has 0 spiro atoms. The van der Waals surface area contributed by atoms with Crippen LogP contribution in [-0.4, -0.2) is 36.0 Å². The molecular weight excluding hydrogens is 296 g/mol. The van der Waals surface area contributed by atoms with Crippen LogP contribution >= 0.6 is 0 Å². The second-order valence-corrected chi connectivity index (χ2v) is 8.08. The third-order valence-corrected chi connectivity index (χ3v) is 6.04. The number of likely N-dealkylation sites (tertiary alicyclic amines) is 1. The van der Waals surface area contributed by atoms with E-state index in [-0.39, 0.29) is 0 Å². The molecule has 4 nitrogen and oxygen atoms in total. The zero-order chi connectivity index (χ0) is 17.2. The van der Waals surface area contributed by atoms with Crippen molar-refractivity contribution < 1.29 is 0 Å².